The Bertz CT molecular complexity index is 995. The summed E-state index contributed by atoms with van der Waals surface area (Å²) in [5.41, 5.74) is 1.94. The molecule has 0 spiro atoms. The number of carbonyl (C=O) groups is 1. The van der Waals surface area contributed by atoms with Crippen molar-refractivity contribution in [2.45, 2.75) is 57.9 Å². The fraction of sp³-hybridized carbons (Fsp3) is 0.519. The van der Waals surface area contributed by atoms with Gasteiger partial charge in [-0.3, -0.25) is 4.79 Å². The number of nitrogens with one attached hydrogen (secondary N) is 1. The summed E-state index contributed by atoms with van der Waals surface area (Å²) in [7, 11) is 0. The van der Waals surface area contributed by atoms with Crippen LogP contribution >= 0.6 is 23.2 Å². The number of rotatable bonds is 7. The summed E-state index contributed by atoms with van der Waals surface area (Å²) < 4.78 is 5.83. The van der Waals surface area contributed by atoms with Crippen LogP contribution in [0.2, 0.25) is 10.0 Å². The molecular weight excluding hydrogens is 457 g/mol. The van der Waals surface area contributed by atoms with E-state index in [1.807, 2.05) is 31.2 Å². The molecule has 4 rings (SSSR count). The van der Waals surface area contributed by atoms with Crippen LogP contribution in [-0.4, -0.2) is 30.3 Å². The van der Waals surface area contributed by atoms with E-state index < -0.39 is 0 Å². The van der Waals surface area contributed by atoms with Crippen molar-refractivity contribution in [2.24, 2.45) is 17.3 Å². The van der Waals surface area contributed by atoms with Crippen molar-refractivity contribution < 1.29 is 14.6 Å². The topological polar surface area (TPSA) is 58.6 Å². The second-order valence-electron chi connectivity index (χ2n) is 9.80. The third-order valence-electron chi connectivity index (χ3n) is 7.81. The highest BCUT2D eigenvalue weighted by Gasteiger charge is 2.59. The molecule has 2 aliphatic rings. The standard InChI is InChI=1S/C27H33Cl2NO3/c1-4-27-12-11-22(21-10-9-20(13-23(21)29)33-15-16(2)14-31)24(18-5-7-19(28)8-6-18)25(27)17(3)30-26(27)32/h5-10,13,16-17,22,24-25,31H,4,11-12,14-15H2,1-3H3,(H,30,32)/t16-,17-,22+,24+,25+,27-/m1/s1. The van der Waals surface area contributed by atoms with Gasteiger partial charge in [0.05, 0.1) is 12.0 Å². The number of amides is 1. The van der Waals surface area contributed by atoms with Crippen molar-refractivity contribution in [3.05, 3.63) is 63.6 Å². The van der Waals surface area contributed by atoms with E-state index >= 15 is 0 Å². The summed E-state index contributed by atoms with van der Waals surface area (Å²) in [5, 5.41) is 13.9. The average molecular weight is 490 g/mol. The molecule has 6 atom stereocenters. The lowest BCUT2D eigenvalue weighted by atomic mass is 9.54. The van der Waals surface area contributed by atoms with Gasteiger partial charge >= 0.3 is 0 Å². The predicted molar refractivity (Wildman–Crippen MR) is 133 cm³/mol. The Morgan fingerprint density at radius 3 is 2.58 bits per heavy atom. The second-order valence-corrected chi connectivity index (χ2v) is 10.6. The zero-order valence-corrected chi connectivity index (χ0v) is 21.0. The first-order valence-corrected chi connectivity index (χ1v) is 12.7. The van der Waals surface area contributed by atoms with Gasteiger partial charge < -0.3 is 15.2 Å². The van der Waals surface area contributed by atoms with E-state index in [0.717, 1.165) is 24.8 Å². The zero-order valence-electron chi connectivity index (χ0n) is 19.5. The number of hydrogen-bond donors (Lipinski definition) is 2. The number of halogens is 2. The Kier molecular flexibility index (Phi) is 7.28. The minimum atomic E-state index is -0.351. The SMILES string of the molecule is CC[C@@]12CC[C@@H](c3ccc(OC[C@H](C)CO)cc3Cl)[C@H](c3ccc(Cl)cc3)[C@@H]1[C@@H](C)NC2=O. The van der Waals surface area contributed by atoms with Gasteiger partial charge in [-0.05, 0) is 73.4 Å². The minimum absolute atomic E-state index is 0.0622. The molecule has 1 amide bonds. The lowest BCUT2D eigenvalue weighted by molar-refractivity contribution is -0.131. The Labute approximate surface area is 206 Å². The number of benzene rings is 2. The van der Waals surface area contributed by atoms with E-state index in [1.165, 1.54) is 5.56 Å². The summed E-state index contributed by atoms with van der Waals surface area (Å²) in [4.78, 5) is 13.1. The average Bonchev–Trinajstić information content (AvgIpc) is 3.07. The van der Waals surface area contributed by atoms with Crippen LogP contribution in [-0.2, 0) is 4.79 Å². The van der Waals surface area contributed by atoms with Gasteiger partial charge in [-0.2, -0.15) is 0 Å². The van der Waals surface area contributed by atoms with Gasteiger partial charge in [0, 0.05) is 34.5 Å². The number of aliphatic hydroxyl groups is 1. The van der Waals surface area contributed by atoms with E-state index in [-0.39, 0.29) is 47.6 Å². The van der Waals surface area contributed by atoms with E-state index in [0.29, 0.717) is 22.4 Å². The Hall–Kier alpha value is -1.75. The number of ether oxygens (including phenoxy) is 1. The molecule has 0 unspecified atom stereocenters. The largest absolute Gasteiger partial charge is 0.493 e. The van der Waals surface area contributed by atoms with Gasteiger partial charge in [0.2, 0.25) is 5.91 Å². The fourth-order valence-corrected chi connectivity index (χ4v) is 6.52. The monoisotopic (exact) mass is 489 g/mol. The molecule has 178 valence electrons. The molecule has 1 aliphatic heterocycles. The van der Waals surface area contributed by atoms with E-state index in [4.69, 9.17) is 27.9 Å². The molecule has 1 saturated carbocycles. The maximum Gasteiger partial charge on any atom is 0.226 e. The second kappa shape index (κ2) is 9.85. The lowest BCUT2D eigenvalue weighted by Gasteiger charge is -2.47. The predicted octanol–water partition coefficient (Wildman–Crippen LogP) is 6.19. The van der Waals surface area contributed by atoms with Crippen LogP contribution in [0.15, 0.2) is 42.5 Å². The number of hydrogen-bond acceptors (Lipinski definition) is 3. The van der Waals surface area contributed by atoms with E-state index in [1.54, 1.807) is 0 Å². The summed E-state index contributed by atoms with van der Waals surface area (Å²) in [6.07, 6.45) is 2.56. The van der Waals surface area contributed by atoms with Crippen molar-refractivity contribution in [1.29, 1.82) is 0 Å². The van der Waals surface area contributed by atoms with Crippen LogP contribution < -0.4 is 10.1 Å². The minimum Gasteiger partial charge on any atom is -0.493 e. The number of fused-ring (bicyclic) bond motifs is 1. The Morgan fingerprint density at radius 1 is 1.21 bits per heavy atom. The van der Waals surface area contributed by atoms with Gasteiger partial charge in [-0.15, -0.1) is 0 Å². The fourth-order valence-electron chi connectivity index (χ4n) is 6.08. The van der Waals surface area contributed by atoms with Gasteiger partial charge in [0.25, 0.3) is 0 Å². The Morgan fingerprint density at radius 2 is 1.94 bits per heavy atom. The maximum atomic E-state index is 13.1. The van der Waals surface area contributed by atoms with Crippen molar-refractivity contribution in [3.8, 4) is 5.75 Å². The van der Waals surface area contributed by atoms with E-state index in [9.17, 15) is 9.90 Å². The number of carbonyl (C=O) groups excluding carboxylic acids is 1. The van der Waals surface area contributed by atoms with Gasteiger partial charge in [-0.25, -0.2) is 0 Å². The van der Waals surface area contributed by atoms with Crippen LogP contribution in [0.5, 0.6) is 5.75 Å². The molecule has 1 aliphatic carbocycles. The van der Waals surface area contributed by atoms with Crippen molar-refractivity contribution in [3.63, 3.8) is 0 Å². The molecule has 0 bridgehead atoms. The molecule has 1 heterocycles. The quantitative estimate of drug-likeness (QED) is 0.487. The van der Waals surface area contributed by atoms with Crippen molar-refractivity contribution >= 4 is 29.1 Å². The molecule has 33 heavy (non-hydrogen) atoms. The van der Waals surface area contributed by atoms with Crippen LogP contribution in [0.25, 0.3) is 0 Å². The summed E-state index contributed by atoms with van der Waals surface area (Å²) in [6, 6.07) is 14.1. The highest BCUT2D eigenvalue weighted by atomic mass is 35.5. The zero-order chi connectivity index (χ0) is 23.8. The van der Waals surface area contributed by atoms with Crippen LogP contribution in [0.4, 0.5) is 0 Å². The summed E-state index contributed by atoms with van der Waals surface area (Å²) >= 11 is 13.0. The van der Waals surface area contributed by atoms with Crippen LogP contribution in [0, 0.1) is 17.3 Å². The van der Waals surface area contributed by atoms with Crippen molar-refractivity contribution in [1.82, 2.24) is 5.32 Å². The third-order valence-corrected chi connectivity index (χ3v) is 8.39. The third kappa shape index (κ3) is 4.50. The smallest absolute Gasteiger partial charge is 0.226 e. The first-order chi connectivity index (χ1) is 15.8. The molecular formula is C27H33Cl2NO3. The highest BCUT2D eigenvalue weighted by molar-refractivity contribution is 6.31. The van der Waals surface area contributed by atoms with E-state index in [2.05, 4.69) is 37.4 Å². The molecule has 0 aromatic heterocycles. The lowest BCUT2D eigenvalue weighted by Crippen LogP contribution is -2.43. The molecule has 1 saturated heterocycles. The molecule has 4 nitrogen and oxygen atoms in total. The van der Waals surface area contributed by atoms with Gasteiger partial charge in [-0.1, -0.05) is 55.2 Å². The maximum absolute atomic E-state index is 13.1. The molecule has 2 fully saturated rings. The van der Waals surface area contributed by atoms with Crippen LogP contribution in [0.1, 0.15) is 63.0 Å². The molecule has 2 aromatic carbocycles. The first kappa shape index (κ1) is 24.4. The Balaban J connectivity index is 1.73. The van der Waals surface area contributed by atoms with Gasteiger partial charge in [0.15, 0.2) is 0 Å². The molecule has 0 radical (unpaired) electrons. The normalized spacial score (nSPS) is 29.9. The highest BCUT2D eigenvalue weighted by Crippen LogP contribution is 2.60. The first-order valence-electron chi connectivity index (χ1n) is 11.9. The van der Waals surface area contributed by atoms with Gasteiger partial charge in [0.1, 0.15) is 5.75 Å². The molecule has 6 heteroatoms. The molecule has 2 aromatic rings. The number of aliphatic hydroxyl groups excluding tert-OH is 1. The molecule has 2 N–H and O–H groups in total. The van der Waals surface area contributed by atoms with Crippen molar-refractivity contribution in [2.75, 3.05) is 13.2 Å². The summed E-state index contributed by atoms with van der Waals surface area (Å²) in [6.45, 7) is 6.73. The summed E-state index contributed by atoms with van der Waals surface area (Å²) in [5.74, 6) is 1.46. The van der Waals surface area contributed by atoms with Crippen LogP contribution in [0.3, 0.4) is 0 Å².